The Balaban J connectivity index is 2.14. The molecule has 5 nitrogen and oxygen atoms in total. The lowest BCUT2D eigenvalue weighted by Crippen LogP contribution is -2.03. The first-order chi connectivity index (χ1) is 11.7. The molecule has 0 aromatic heterocycles. The number of nitrogens with zero attached hydrogens (tertiary/aromatic N) is 1. The number of carbonyl (C=O) groups excluding carboxylic acids is 2. The minimum atomic E-state index is -0.457. The first-order valence-electron chi connectivity index (χ1n) is 7.15. The van der Waals surface area contributed by atoms with Gasteiger partial charge in [-0.2, -0.15) is 5.26 Å². The molecule has 24 heavy (non-hydrogen) atoms. The molecule has 0 aliphatic rings. The third-order valence-corrected chi connectivity index (χ3v) is 3.22. The minimum Gasteiger partial charge on any atom is -0.479 e. The third-order valence-electron chi connectivity index (χ3n) is 3.22. The van der Waals surface area contributed by atoms with Gasteiger partial charge in [-0.3, -0.25) is 4.79 Å². The summed E-state index contributed by atoms with van der Waals surface area (Å²) in [5.41, 5.74) is 1.47. The monoisotopic (exact) mass is 321 g/mol. The molecule has 0 atom stereocenters. The first-order valence-corrected chi connectivity index (χ1v) is 7.15. The fourth-order valence-corrected chi connectivity index (χ4v) is 2.03. The minimum absolute atomic E-state index is 0.0441. The Hall–Kier alpha value is -3.39. The Morgan fingerprint density at radius 2 is 1.83 bits per heavy atom. The molecule has 5 heteroatoms. The molecule has 0 heterocycles. The van der Waals surface area contributed by atoms with Crippen molar-refractivity contribution in [2.75, 3.05) is 13.7 Å². The highest BCUT2D eigenvalue weighted by atomic mass is 16.5. The van der Waals surface area contributed by atoms with Gasteiger partial charge in [0.2, 0.25) is 0 Å². The number of rotatable bonds is 6. The summed E-state index contributed by atoms with van der Waals surface area (Å²) >= 11 is 0. The van der Waals surface area contributed by atoms with Crippen molar-refractivity contribution in [3.05, 3.63) is 71.3 Å². The summed E-state index contributed by atoms with van der Waals surface area (Å²) in [5.74, 6) is -0.142. The topological polar surface area (TPSA) is 76.4 Å². The van der Waals surface area contributed by atoms with Gasteiger partial charge < -0.3 is 9.47 Å². The van der Waals surface area contributed by atoms with Crippen LogP contribution >= 0.6 is 0 Å². The summed E-state index contributed by atoms with van der Waals surface area (Å²) in [5, 5.41) is 8.46. The second kappa shape index (κ2) is 8.30. The first kappa shape index (κ1) is 17.0. The van der Waals surface area contributed by atoms with Crippen molar-refractivity contribution in [2.24, 2.45) is 0 Å². The highest BCUT2D eigenvalue weighted by Crippen LogP contribution is 2.15. The number of esters is 1. The quantitative estimate of drug-likeness (QED) is 0.463. The molecule has 0 aliphatic carbocycles. The summed E-state index contributed by atoms with van der Waals surface area (Å²) in [4.78, 5) is 23.9. The van der Waals surface area contributed by atoms with Gasteiger partial charge in [-0.05, 0) is 42.0 Å². The number of hydrogen-bond acceptors (Lipinski definition) is 5. The molecule has 0 spiro atoms. The maximum absolute atomic E-state index is 12.2. The van der Waals surface area contributed by atoms with E-state index in [1.165, 1.54) is 13.2 Å². The molecule has 0 radical (unpaired) electrons. The van der Waals surface area contributed by atoms with Gasteiger partial charge in [0.15, 0.2) is 12.4 Å². The van der Waals surface area contributed by atoms with E-state index in [9.17, 15) is 9.59 Å². The average molecular weight is 321 g/mol. The number of ether oxygens (including phenoxy) is 2. The summed E-state index contributed by atoms with van der Waals surface area (Å²) in [6, 6.07) is 15.2. The number of methoxy groups -OCH3 is 1. The summed E-state index contributed by atoms with van der Waals surface area (Å²) in [6.45, 7) is -0.0441. The maximum atomic E-state index is 12.2. The lowest BCUT2D eigenvalue weighted by molar-refractivity contribution is 0.0600. The maximum Gasteiger partial charge on any atom is 0.338 e. The Bertz CT molecular complexity index is 801. The normalized spacial score (nSPS) is 10.2. The van der Waals surface area contributed by atoms with E-state index in [1.807, 2.05) is 6.07 Å². The average Bonchev–Trinajstić information content (AvgIpc) is 2.64. The van der Waals surface area contributed by atoms with Crippen molar-refractivity contribution in [3.8, 4) is 11.8 Å². The van der Waals surface area contributed by atoms with Gasteiger partial charge in [0.25, 0.3) is 0 Å². The van der Waals surface area contributed by atoms with Crippen LogP contribution in [0.2, 0.25) is 0 Å². The van der Waals surface area contributed by atoms with Crippen molar-refractivity contribution >= 4 is 17.8 Å². The van der Waals surface area contributed by atoms with Gasteiger partial charge in [-0.15, -0.1) is 0 Å². The van der Waals surface area contributed by atoms with E-state index in [-0.39, 0.29) is 12.4 Å². The lowest BCUT2D eigenvalue weighted by Gasteiger charge is -2.04. The molecule has 2 rings (SSSR count). The van der Waals surface area contributed by atoms with Crippen LogP contribution in [0.3, 0.4) is 0 Å². The number of hydrogen-bond donors (Lipinski definition) is 0. The van der Waals surface area contributed by atoms with Crippen LogP contribution in [0, 0.1) is 11.3 Å². The third kappa shape index (κ3) is 4.31. The molecule has 120 valence electrons. The van der Waals surface area contributed by atoms with Crippen LogP contribution in [-0.4, -0.2) is 25.5 Å². The van der Waals surface area contributed by atoms with E-state index in [0.29, 0.717) is 22.4 Å². The smallest absolute Gasteiger partial charge is 0.338 e. The summed E-state index contributed by atoms with van der Waals surface area (Å²) in [7, 11) is 1.31. The van der Waals surface area contributed by atoms with E-state index < -0.39 is 5.97 Å². The molecule has 0 amide bonds. The fraction of sp³-hybridized carbons (Fsp3) is 0.105. The molecule has 2 aromatic carbocycles. The van der Waals surface area contributed by atoms with Crippen molar-refractivity contribution in [1.82, 2.24) is 0 Å². The molecule has 0 unspecified atom stereocenters. The van der Waals surface area contributed by atoms with Crippen LogP contribution in [0.5, 0.6) is 5.75 Å². The predicted molar refractivity (Wildman–Crippen MR) is 88.7 cm³/mol. The molecule has 0 bridgehead atoms. The fourth-order valence-electron chi connectivity index (χ4n) is 2.03. The molecule has 0 saturated heterocycles. The van der Waals surface area contributed by atoms with E-state index in [0.717, 1.165) is 0 Å². The SMILES string of the molecule is COC(=O)c1ccccc1/C=C/C(=O)c1ccc(OCC#N)cc1. The van der Waals surface area contributed by atoms with Crippen LogP contribution < -0.4 is 4.74 Å². The van der Waals surface area contributed by atoms with Crippen molar-refractivity contribution in [1.29, 1.82) is 5.26 Å². The molecule has 0 saturated carbocycles. The number of carbonyl (C=O) groups is 2. The van der Waals surface area contributed by atoms with E-state index >= 15 is 0 Å². The van der Waals surface area contributed by atoms with Crippen LogP contribution in [0.1, 0.15) is 26.3 Å². The van der Waals surface area contributed by atoms with E-state index in [2.05, 4.69) is 0 Å². The standard InChI is InChI=1S/C19H15NO4/c1-23-19(22)17-5-3-2-4-14(17)8-11-18(21)15-6-9-16(10-7-15)24-13-12-20/h2-11H,13H2,1H3/b11-8+. The number of allylic oxidation sites excluding steroid dienone is 1. The molecular weight excluding hydrogens is 306 g/mol. The van der Waals surface area contributed by atoms with Gasteiger partial charge in [0, 0.05) is 5.56 Å². The van der Waals surface area contributed by atoms with Crippen molar-refractivity contribution in [2.45, 2.75) is 0 Å². The number of ketones is 1. The zero-order valence-electron chi connectivity index (χ0n) is 13.1. The van der Waals surface area contributed by atoms with Gasteiger partial charge in [-0.25, -0.2) is 4.79 Å². The highest BCUT2D eigenvalue weighted by molar-refractivity contribution is 6.07. The Morgan fingerprint density at radius 3 is 2.50 bits per heavy atom. The number of nitriles is 1. The second-order valence-electron chi connectivity index (χ2n) is 4.75. The van der Waals surface area contributed by atoms with Crippen LogP contribution in [-0.2, 0) is 4.74 Å². The molecule has 0 aliphatic heterocycles. The highest BCUT2D eigenvalue weighted by Gasteiger charge is 2.09. The molecule has 2 aromatic rings. The predicted octanol–water partition coefficient (Wildman–Crippen LogP) is 3.27. The largest absolute Gasteiger partial charge is 0.479 e. The van der Waals surface area contributed by atoms with Crippen LogP contribution in [0.25, 0.3) is 6.08 Å². The van der Waals surface area contributed by atoms with Gasteiger partial charge in [-0.1, -0.05) is 24.3 Å². The Labute approximate surface area is 139 Å². The lowest BCUT2D eigenvalue weighted by atomic mass is 10.1. The van der Waals surface area contributed by atoms with E-state index in [4.69, 9.17) is 14.7 Å². The van der Waals surface area contributed by atoms with E-state index in [1.54, 1.807) is 54.6 Å². The Kier molecular flexibility index (Phi) is 5.87. The summed E-state index contributed by atoms with van der Waals surface area (Å²) in [6.07, 6.45) is 2.97. The second-order valence-corrected chi connectivity index (χ2v) is 4.75. The molecule has 0 N–H and O–H groups in total. The van der Waals surface area contributed by atoms with Gasteiger partial charge in [0.05, 0.1) is 12.7 Å². The van der Waals surface area contributed by atoms with Crippen LogP contribution in [0.15, 0.2) is 54.6 Å². The zero-order chi connectivity index (χ0) is 17.4. The van der Waals surface area contributed by atoms with Gasteiger partial charge >= 0.3 is 5.97 Å². The number of benzene rings is 2. The van der Waals surface area contributed by atoms with Crippen molar-refractivity contribution in [3.63, 3.8) is 0 Å². The van der Waals surface area contributed by atoms with Gasteiger partial charge in [0.1, 0.15) is 11.8 Å². The van der Waals surface area contributed by atoms with Crippen molar-refractivity contribution < 1.29 is 19.1 Å². The summed E-state index contributed by atoms with van der Waals surface area (Å²) < 4.78 is 9.85. The zero-order valence-corrected chi connectivity index (χ0v) is 13.1. The molecular formula is C19H15NO4. The molecule has 0 fully saturated rings. The van der Waals surface area contributed by atoms with Crippen LogP contribution in [0.4, 0.5) is 0 Å². The Morgan fingerprint density at radius 1 is 1.12 bits per heavy atom.